The predicted octanol–water partition coefficient (Wildman–Crippen LogP) is -0.502. The van der Waals surface area contributed by atoms with E-state index in [9.17, 15) is 9.59 Å². The highest BCUT2D eigenvalue weighted by molar-refractivity contribution is 5.99. The summed E-state index contributed by atoms with van der Waals surface area (Å²) < 4.78 is 0. The van der Waals surface area contributed by atoms with Gasteiger partial charge in [-0.05, 0) is 12.1 Å². The zero-order valence-corrected chi connectivity index (χ0v) is 6.15. The molecule has 0 aliphatic carbocycles. The SMILES string of the molecule is NNC(=O)c1cccnc1C=O. The first-order valence-corrected chi connectivity index (χ1v) is 3.20. The predicted molar refractivity (Wildman–Crippen MR) is 41.3 cm³/mol. The Labute approximate surface area is 68.6 Å². The van der Waals surface area contributed by atoms with Gasteiger partial charge in [0.25, 0.3) is 5.91 Å². The zero-order valence-electron chi connectivity index (χ0n) is 6.15. The maximum atomic E-state index is 11.0. The largest absolute Gasteiger partial charge is 0.296 e. The molecule has 0 saturated carbocycles. The summed E-state index contributed by atoms with van der Waals surface area (Å²) in [6, 6.07) is 3.02. The maximum absolute atomic E-state index is 11.0. The number of hydrogen-bond donors (Lipinski definition) is 2. The molecule has 12 heavy (non-hydrogen) atoms. The van der Waals surface area contributed by atoms with Gasteiger partial charge in [0.1, 0.15) is 5.69 Å². The summed E-state index contributed by atoms with van der Waals surface area (Å²) in [6.07, 6.45) is 1.93. The van der Waals surface area contributed by atoms with E-state index >= 15 is 0 Å². The van der Waals surface area contributed by atoms with Gasteiger partial charge in [0, 0.05) is 6.20 Å². The standard InChI is InChI=1S/C7H7N3O2/c8-10-7(12)5-2-1-3-9-6(5)4-11/h1-4H,8H2,(H,10,12). The Morgan fingerprint density at radius 2 is 2.42 bits per heavy atom. The quantitative estimate of drug-likeness (QED) is 0.267. The first kappa shape index (κ1) is 8.35. The fraction of sp³-hybridized carbons (Fsp3) is 0. The van der Waals surface area contributed by atoms with Gasteiger partial charge in [-0.1, -0.05) is 0 Å². The number of carbonyl (C=O) groups excluding carboxylic acids is 2. The molecule has 5 nitrogen and oxygen atoms in total. The van der Waals surface area contributed by atoms with E-state index in [0.29, 0.717) is 6.29 Å². The number of nitrogens with zero attached hydrogens (tertiary/aromatic N) is 1. The highest BCUT2D eigenvalue weighted by atomic mass is 16.2. The molecule has 0 aromatic carbocycles. The molecule has 0 bridgehead atoms. The molecule has 0 unspecified atom stereocenters. The molecule has 1 aromatic rings. The number of amides is 1. The number of carbonyl (C=O) groups is 2. The van der Waals surface area contributed by atoms with Crippen LogP contribution < -0.4 is 11.3 Å². The Morgan fingerprint density at radius 1 is 1.67 bits per heavy atom. The maximum Gasteiger partial charge on any atom is 0.267 e. The highest BCUT2D eigenvalue weighted by Gasteiger charge is 2.08. The fourth-order valence-electron chi connectivity index (χ4n) is 0.781. The van der Waals surface area contributed by atoms with Gasteiger partial charge in [0.2, 0.25) is 0 Å². The molecule has 0 aliphatic rings. The topological polar surface area (TPSA) is 85.1 Å². The lowest BCUT2D eigenvalue weighted by atomic mass is 10.2. The number of pyridine rings is 1. The molecule has 0 saturated heterocycles. The van der Waals surface area contributed by atoms with Gasteiger partial charge in [0.05, 0.1) is 5.56 Å². The minimum absolute atomic E-state index is 0.0838. The number of aromatic nitrogens is 1. The van der Waals surface area contributed by atoms with Crippen LogP contribution in [0.3, 0.4) is 0 Å². The van der Waals surface area contributed by atoms with Crippen LogP contribution >= 0.6 is 0 Å². The monoisotopic (exact) mass is 165 g/mol. The molecule has 1 amide bonds. The van der Waals surface area contributed by atoms with Gasteiger partial charge in [0.15, 0.2) is 6.29 Å². The first-order chi connectivity index (χ1) is 5.79. The second-order valence-corrected chi connectivity index (χ2v) is 2.03. The van der Waals surface area contributed by atoms with E-state index in [2.05, 4.69) is 4.98 Å². The molecule has 0 fully saturated rings. The van der Waals surface area contributed by atoms with Gasteiger partial charge in [-0.2, -0.15) is 0 Å². The van der Waals surface area contributed by atoms with Crippen LogP contribution in [0.5, 0.6) is 0 Å². The summed E-state index contributed by atoms with van der Waals surface area (Å²) in [5.74, 6) is 4.36. The van der Waals surface area contributed by atoms with Gasteiger partial charge in [-0.25, -0.2) is 5.84 Å². The number of aldehydes is 1. The summed E-state index contributed by atoms with van der Waals surface area (Å²) in [4.78, 5) is 25.0. The zero-order chi connectivity index (χ0) is 8.97. The van der Waals surface area contributed by atoms with E-state index in [1.54, 1.807) is 6.07 Å². The fourth-order valence-corrected chi connectivity index (χ4v) is 0.781. The van der Waals surface area contributed by atoms with Gasteiger partial charge < -0.3 is 0 Å². The van der Waals surface area contributed by atoms with E-state index in [1.165, 1.54) is 12.3 Å². The lowest BCUT2D eigenvalue weighted by molar-refractivity contribution is 0.0947. The van der Waals surface area contributed by atoms with Gasteiger partial charge in [-0.15, -0.1) is 0 Å². The van der Waals surface area contributed by atoms with E-state index in [0.717, 1.165) is 0 Å². The van der Waals surface area contributed by atoms with Crippen molar-refractivity contribution in [2.24, 2.45) is 5.84 Å². The third kappa shape index (κ3) is 1.46. The molecular weight excluding hydrogens is 158 g/mol. The van der Waals surface area contributed by atoms with Crippen molar-refractivity contribution >= 4 is 12.2 Å². The van der Waals surface area contributed by atoms with Crippen molar-refractivity contribution in [1.82, 2.24) is 10.4 Å². The minimum atomic E-state index is -0.523. The molecule has 1 rings (SSSR count). The van der Waals surface area contributed by atoms with Crippen LogP contribution in [0.1, 0.15) is 20.8 Å². The average molecular weight is 165 g/mol. The van der Waals surface area contributed by atoms with Crippen molar-refractivity contribution in [3.63, 3.8) is 0 Å². The van der Waals surface area contributed by atoms with Gasteiger partial charge in [-0.3, -0.25) is 20.0 Å². The highest BCUT2D eigenvalue weighted by Crippen LogP contribution is 2.01. The number of hydrogen-bond acceptors (Lipinski definition) is 4. The summed E-state index contributed by atoms with van der Waals surface area (Å²) in [6.45, 7) is 0. The molecule has 0 spiro atoms. The molecule has 0 atom stereocenters. The Morgan fingerprint density at radius 3 is 3.00 bits per heavy atom. The van der Waals surface area contributed by atoms with E-state index in [-0.39, 0.29) is 11.3 Å². The smallest absolute Gasteiger partial charge is 0.267 e. The summed E-state index contributed by atoms with van der Waals surface area (Å²) in [5, 5.41) is 0. The molecule has 5 heteroatoms. The second kappa shape index (κ2) is 3.59. The van der Waals surface area contributed by atoms with Crippen molar-refractivity contribution in [3.05, 3.63) is 29.6 Å². The molecule has 1 aromatic heterocycles. The van der Waals surface area contributed by atoms with Crippen LogP contribution in [0, 0.1) is 0 Å². The number of hydrazine groups is 1. The molecular formula is C7H7N3O2. The van der Waals surface area contributed by atoms with Crippen LogP contribution in [0.4, 0.5) is 0 Å². The van der Waals surface area contributed by atoms with Crippen molar-refractivity contribution in [2.45, 2.75) is 0 Å². The van der Waals surface area contributed by atoms with Crippen molar-refractivity contribution in [2.75, 3.05) is 0 Å². The molecule has 3 N–H and O–H groups in total. The van der Waals surface area contributed by atoms with E-state index in [4.69, 9.17) is 5.84 Å². The molecule has 62 valence electrons. The van der Waals surface area contributed by atoms with E-state index < -0.39 is 5.91 Å². The first-order valence-electron chi connectivity index (χ1n) is 3.20. The summed E-state index contributed by atoms with van der Waals surface area (Å²) in [7, 11) is 0. The number of rotatable bonds is 2. The molecule has 1 heterocycles. The van der Waals surface area contributed by atoms with Crippen LogP contribution in [0.15, 0.2) is 18.3 Å². The van der Waals surface area contributed by atoms with E-state index in [1.807, 2.05) is 5.43 Å². The Hall–Kier alpha value is -1.75. The van der Waals surface area contributed by atoms with Crippen LogP contribution in [0.25, 0.3) is 0 Å². The number of nitrogen functional groups attached to an aromatic ring is 1. The van der Waals surface area contributed by atoms with Crippen LogP contribution in [0.2, 0.25) is 0 Å². The minimum Gasteiger partial charge on any atom is -0.296 e. The van der Waals surface area contributed by atoms with Crippen LogP contribution in [-0.4, -0.2) is 17.2 Å². The van der Waals surface area contributed by atoms with Gasteiger partial charge >= 0.3 is 0 Å². The summed E-state index contributed by atoms with van der Waals surface area (Å²) >= 11 is 0. The normalized spacial score (nSPS) is 9.08. The Kier molecular flexibility index (Phi) is 2.49. The molecule has 0 radical (unpaired) electrons. The van der Waals surface area contributed by atoms with Crippen molar-refractivity contribution < 1.29 is 9.59 Å². The second-order valence-electron chi connectivity index (χ2n) is 2.03. The Balaban J connectivity index is 3.13. The number of nitrogens with two attached hydrogens (primary N) is 1. The molecule has 0 aliphatic heterocycles. The third-order valence-electron chi connectivity index (χ3n) is 1.33. The summed E-state index contributed by atoms with van der Waals surface area (Å²) in [5.41, 5.74) is 2.18. The number of nitrogens with one attached hydrogen (secondary N) is 1. The average Bonchev–Trinajstić information content (AvgIpc) is 2.16. The third-order valence-corrected chi connectivity index (χ3v) is 1.33. The van der Waals surface area contributed by atoms with Crippen molar-refractivity contribution in [3.8, 4) is 0 Å². The lowest BCUT2D eigenvalue weighted by Crippen LogP contribution is -2.31. The van der Waals surface area contributed by atoms with Crippen molar-refractivity contribution in [1.29, 1.82) is 0 Å². The lowest BCUT2D eigenvalue weighted by Gasteiger charge is -1.99. The van der Waals surface area contributed by atoms with Crippen LogP contribution in [-0.2, 0) is 0 Å². The Bertz CT molecular complexity index is 311.